The number of nitrogens with two attached hydrogens (primary N) is 1. The Kier molecular flexibility index (Phi) is 5.48. The van der Waals surface area contributed by atoms with Crippen LogP contribution in [0.25, 0.3) is 0 Å². The second-order valence-electron chi connectivity index (χ2n) is 4.73. The van der Waals surface area contributed by atoms with Crippen LogP contribution in [0.4, 0.5) is 4.79 Å². The lowest BCUT2D eigenvalue weighted by Crippen LogP contribution is -2.48. The number of aliphatic hydroxyl groups is 2. The third-order valence-electron chi connectivity index (χ3n) is 2.67. The average molecular weight is 281 g/mol. The topological polar surface area (TPSA) is 125 Å². The first-order valence-electron chi connectivity index (χ1n) is 6.07. The molecule has 0 aromatic heterocycles. The van der Waals surface area contributed by atoms with Crippen molar-refractivity contribution in [3.05, 3.63) is 35.9 Å². The van der Waals surface area contributed by atoms with Gasteiger partial charge >= 0.3 is 6.03 Å². The summed E-state index contributed by atoms with van der Waals surface area (Å²) in [5.41, 5.74) is 4.19. The van der Waals surface area contributed by atoms with Crippen LogP contribution >= 0.6 is 0 Å². The minimum absolute atomic E-state index is 0.147. The molecule has 110 valence electrons. The molecule has 1 rings (SSSR count). The highest BCUT2D eigenvalue weighted by molar-refractivity contribution is 5.87. The molecule has 0 spiro atoms. The Hall–Kier alpha value is -2.12. The van der Waals surface area contributed by atoms with Crippen LogP contribution in [0, 0.1) is 0 Å². The Bertz CT molecular complexity index is 462. The number of primary amides is 1. The molecule has 2 unspecified atom stereocenters. The van der Waals surface area contributed by atoms with E-state index in [1.807, 2.05) is 0 Å². The summed E-state index contributed by atoms with van der Waals surface area (Å²) >= 11 is 0. The normalized spacial score (nSPS) is 14.9. The zero-order valence-corrected chi connectivity index (χ0v) is 11.2. The van der Waals surface area contributed by atoms with Crippen LogP contribution in [0.3, 0.4) is 0 Å². The van der Waals surface area contributed by atoms with Gasteiger partial charge in [0, 0.05) is 6.54 Å². The van der Waals surface area contributed by atoms with Crippen LogP contribution in [0.2, 0.25) is 0 Å². The molecule has 7 nitrogen and oxygen atoms in total. The van der Waals surface area contributed by atoms with Gasteiger partial charge in [0.25, 0.3) is 0 Å². The van der Waals surface area contributed by atoms with Crippen LogP contribution in [-0.2, 0) is 4.79 Å². The molecule has 0 aliphatic rings. The van der Waals surface area contributed by atoms with Crippen LogP contribution in [0.15, 0.2) is 30.3 Å². The van der Waals surface area contributed by atoms with E-state index >= 15 is 0 Å². The Labute approximate surface area is 116 Å². The van der Waals surface area contributed by atoms with Gasteiger partial charge in [0.05, 0.1) is 6.61 Å². The van der Waals surface area contributed by atoms with Crippen molar-refractivity contribution in [1.82, 2.24) is 10.6 Å². The molecule has 0 aliphatic heterocycles. The summed E-state index contributed by atoms with van der Waals surface area (Å²) in [6, 6.07) is 6.78. The predicted octanol–water partition coefficient (Wildman–Crippen LogP) is -0.744. The predicted molar refractivity (Wildman–Crippen MR) is 72.6 cm³/mol. The maximum atomic E-state index is 12.1. The Morgan fingerprint density at radius 1 is 1.35 bits per heavy atom. The molecular formula is C13H19N3O4. The van der Waals surface area contributed by atoms with E-state index in [1.54, 1.807) is 30.3 Å². The van der Waals surface area contributed by atoms with Crippen molar-refractivity contribution >= 4 is 11.9 Å². The van der Waals surface area contributed by atoms with Gasteiger partial charge in [-0.05, 0) is 12.5 Å². The van der Waals surface area contributed by atoms with Crippen molar-refractivity contribution in [3.8, 4) is 0 Å². The van der Waals surface area contributed by atoms with Gasteiger partial charge in [0.1, 0.15) is 11.6 Å². The summed E-state index contributed by atoms with van der Waals surface area (Å²) < 4.78 is 0. The summed E-state index contributed by atoms with van der Waals surface area (Å²) in [7, 11) is 0. The SMILES string of the molecule is CC(O)(CO)CNC(=O)C(NC(N)=O)c1ccccc1. The van der Waals surface area contributed by atoms with Gasteiger partial charge in [-0.1, -0.05) is 30.3 Å². The van der Waals surface area contributed by atoms with E-state index < -0.39 is 30.2 Å². The van der Waals surface area contributed by atoms with E-state index in [0.717, 1.165) is 0 Å². The fourth-order valence-corrected chi connectivity index (χ4v) is 1.52. The lowest BCUT2D eigenvalue weighted by molar-refractivity contribution is -0.124. The molecule has 6 N–H and O–H groups in total. The molecule has 20 heavy (non-hydrogen) atoms. The van der Waals surface area contributed by atoms with Crippen molar-refractivity contribution in [1.29, 1.82) is 0 Å². The van der Waals surface area contributed by atoms with Gasteiger partial charge in [-0.25, -0.2) is 4.79 Å². The van der Waals surface area contributed by atoms with Crippen molar-refractivity contribution in [2.45, 2.75) is 18.6 Å². The summed E-state index contributed by atoms with van der Waals surface area (Å²) in [4.78, 5) is 23.1. The lowest BCUT2D eigenvalue weighted by Gasteiger charge is -2.23. The van der Waals surface area contributed by atoms with Crippen molar-refractivity contribution < 1.29 is 19.8 Å². The quantitative estimate of drug-likeness (QED) is 0.470. The number of hydrogen-bond donors (Lipinski definition) is 5. The van der Waals surface area contributed by atoms with Gasteiger partial charge in [-0.3, -0.25) is 4.79 Å². The molecule has 1 aromatic carbocycles. The number of rotatable bonds is 6. The molecule has 2 atom stereocenters. The van der Waals surface area contributed by atoms with Crippen LogP contribution < -0.4 is 16.4 Å². The standard InChI is InChI=1S/C13H19N3O4/c1-13(20,8-17)7-15-11(18)10(16-12(14)19)9-5-3-2-4-6-9/h2-6,10,17,20H,7-8H2,1H3,(H,15,18)(H3,14,16,19). The molecule has 0 bridgehead atoms. The third-order valence-corrected chi connectivity index (χ3v) is 2.67. The van der Waals surface area contributed by atoms with E-state index in [0.29, 0.717) is 5.56 Å². The van der Waals surface area contributed by atoms with Crippen LogP contribution in [-0.4, -0.2) is 40.9 Å². The summed E-state index contributed by atoms with van der Waals surface area (Å²) in [6.45, 7) is 0.741. The summed E-state index contributed by atoms with van der Waals surface area (Å²) in [6.07, 6.45) is 0. The lowest BCUT2D eigenvalue weighted by atomic mass is 10.1. The highest BCUT2D eigenvalue weighted by Gasteiger charge is 2.25. The number of benzene rings is 1. The summed E-state index contributed by atoms with van der Waals surface area (Å²) in [5, 5.41) is 23.3. The fraction of sp³-hybridized carbons (Fsp3) is 0.385. The molecule has 0 heterocycles. The third kappa shape index (κ3) is 4.87. The Morgan fingerprint density at radius 2 is 1.95 bits per heavy atom. The first-order chi connectivity index (χ1) is 9.35. The smallest absolute Gasteiger partial charge is 0.313 e. The first kappa shape index (κ1) is 15.9. The van der Waals surface area contributed by atoms with Gasteiger partial charge in [-0.2, -0.15) is 0 Å². The first-order valence-corrected chi connectivity index (χ1v) is 6.07. The van der Waals surface area contributed by atoms with E-state index in [4.69, 9.17) is 10.8 Å². The minimum atomic E-state index is -1.43. The number of aliphatic hydroxyl groups excluding tert-OH is 1. The van der Waals surface area contributed by atoms with Gasteiger partial charge in [0.15, 0.2) is 0 Å². The van der Waals surface area contributed by atoms with Crippen molar-refractivity contribution in [2.75, 3.05) is 13.2 Å². The molecule has 0 saturated carbocycles. The average Bonchev–Trinajstić information content (AvgIpc) is 2.43. The molecule has 0 aliphatic carbocycles. The molecule has 0 radical (unpaired) electrons. The van der Waals surface area contributed by atoms with E-state index in [1.165, 1.54) is 6.92 Å². The maximum Gasteiger partial charge on any atom is 0.313 e. The van der Waals surface area contributed by atoms with Gasteiger partial charge < -0.3 is 26.6 Å². The number of nitrogens with one attached hydrogen (secondary N) is 2. The minimum Gasteiger partial charge on any atom is -0.393 e. The number of hydrogen-bond acceptors (Lipinski definition) is 4. The Balaban J connectivity index is 2.79. The van der Waals surface area contributed by atoms with E-state index in [9.17, 15) is 14.7 Å². The highest BCUT2D eigenvalue weighted by Crippen LogP contribution is 2.13. The van der Waals surface area contributed by atoms with Crippen LogP contribution in [0.5, 0.6) is 0 Å². The summed E-state index contributed by atoms with van der Waals surface area (Å²) in [5.74, 6) is -0.524. The monoisotopic (exact) mass is 281 g/mol. The molecule has 0 saturated heterocycles. The number of carbonyl (C=O) groups is 2. The fourth-order valence-electron chi connectivity index (χ4n) is 1.52. The van der Waals surface area contributed by atoms with Crippen LogP contribution in [0.1, 0.15) is 18.5 Å². The molecular weight excluding hydrogens is 262 g/mol. The molecule has 3 amide bonds. The number of carbonyl (C=O) groups excluding carboxylic acids is 2. The van der Waals surface area contributed by atoms with Crippen molar-refractivity contribution in [3.63, 3.8) is 0 Å². The highest BCUT2D eigenvalue weighted by atomic mass is 16.3. The second-order valence-corrected chi connectivity index (χ2v) is 4.73. The van der Waals surface area contributed by atoms with E-state index in [2.05, 4.69) is 10.6 Å². The van der Waals surface area contributed by atoms with E-state index in [-0.39, 0.29) is 6.54 Å². The maximum absolute atomic E-state index is 12.1. The molecule has 1 aromatic rings. The van der Waals surface area contributed by atoms with Gasteiger partial charge in [0.2, 0.25) is 5.91 Å². The zero-order valence-electron chi connectivity index (χ0n) is 11.2. The molecule has 7 heteroatoms. The Morgan fingerprint density at radius 3 is 2.45 bits per heavy atom. The van der Waals surface area contributed by atoms with Crippen molar-refractivity contribution in [2.24, 2.45) is 5.73 Å². The van der Waals surface area contributed by atoms with Gasteiger partial charge in [-0.15, -0.1) is 0 Å². The number of urea groups is 1. The largest absolute Gasteiger partial charge is 0.393 e. The second kappa shape index (κ2) is 6.88. The zero-order chi connectivity index (χ0) is 15.2. The molecule has 0 fully saturated rings. The number of amides is 3.